The van der Waals surface area contributed by atoms with E-state index in [1.54, 1.807) is 21.3 Å². The van der Waals surface area contributed by atoms with Gasteiger partial charge < -0.3 is 37.3 Å². The van der Waals surface area contributed by atoms with Crippen LogP contribution < -0.4 is 0 Å². The molecule has 0 aromatic rings. The van der Waals surface area contributed by atoms with Crippen molar-refractivity contribution in [3.05, 3.63) is 0 Å². The number of methoxy groups -OCH3 is 2. The Morgan fingerprint density at radius 1 is 0.962 bits per heavy atom. The van der Waals surface area contributed by atoms with E-state index < -0.39 is 14.5 Å². The van der Waals surface area contributed by atoms with Gasteiger partial charge in [-0.25, -0.2) is 0 Å². The normalized spacial score (nSPS) is 24.5. The van der Waals surface area contributed by atoms with Gasteiger partial charge >= 0.3 is 8.56 Å². The maximum absolute atomic E-state index is 6.37. The Labute approximate surface area is 157 Å². The van der Waals surface area contributed by atoms with Crippen molar-refractivity contribution in [1.82, 2.24) is 0 Å². The second-order valence-electron chi connectivity index (χ2n) is 6.58. The standard InChI is InChI=1S/C17H34O8Si/c1-5-26(20-4,10-6-8-21-11-15-13-23-15)25-17(18-2,19-3)7-9-22-12-16-14-24-16/h15-16H,5-14H2,1-4H3. The third-order valence-electron chi connectivity index (χ3n) is 4.69. The Morgan fingerprint density at radius 3 is 2.00 bits per heavy atom. The Balaban J connectivity index is 1.79. The molecule has 0 radical (unpaired) electrons. The van der Waals surface area contributed by atoms with E-state index in [4.69, 9.17) is 37.3 Å². The first kappa shape index (κ1) is 22.2. The first-order valence-electron chi connectivity index (χ1n) is 9.35. The molecule has 0 spiro atoms. The molecular formula is C17H34O8Si. The quantitative estimate of drug-likeness (QED) is 0.159. The highest BCUT2D eigenvalue weighted by Crippen LogP contribution is 2.30. The fraction of sp³-hybridized carbons (Fsp3) is 1.00. The fourth-order valence-electron chi connectivity index (χ4n) is 2.69. The van der Waals surface area contributed by atoms with Crippen LogP contribution in [0.4, 0.5) is 0 Å². The minimum absolute atomic E-state index is 0.236. The van der Waals surface area contributed by atoms with Crippen molar-refractivity contribution < 1.29 is 37.3 Å². The van der Waals surface area contributed by atoms with Crippen molar-refractivity contribution in [3.8, 4) is 0 Å². The van der Waals surface area contributed by atoms with Gasteiger partial charge in [0.2, 0.25) is 0 Å². The van der Waals surface area contributed by atoms with Crippen LogP contribution in [0.15, 0.2) is 0 Å². The van der Waals surface area contributed by atoms with E-state index in [2.05, 4.69) is 6.92 Å². The Morgan fingerprint density at radius 2 is 1.54 bits per heavy atom. The summed E-state index contributed by atoms with van der Waals surface area (Å²) in [5, 5.41) is 0. The molecule has 0 aromatic carbocycles. The van der Waals surface area contributed by atoms with Crippen LogP contribution in [0.5, 0.6) is 0 Å². The molecule has 2 fully saturated rings. The molecule has 0 amide bonds. The number of ether oxygens (including phenoxy) is 6. The second-order valence-corrected chi connectivity index (χ2v) is 10.2. The van der Waals surface area contributed by atoms with E-state index >= 15 is 0 Å². The molecule has 0 aliphatic carbocycles. The van der Waals surface area contributed by atoms with Crippen molar-refractivity contribution >= 4 is 8.56 Å². The Kier molecular flexibility index (Phi) is 9.42. The lowest BCUT2D eigenvalue weighted by Gasteiger charge is -2.39. The average molecular weight is 395 g/mol. The van der Waals surface area contributed by atoms with Crippen molar-refractivity contribution in [2.45, 2.75) is 50.0 Å². The summed E-state index contributed by atoms with van der Waals surface area (Å²) >= 11 is 0. The van der Waals surface area contributed by atoms with E-state index in [9.17, 15) is 0 Å². The highest BCUT2D eigenvalue weighted by molar-refractivity contribution is 6.67. The lowest BCUT2D eigenvalue weighted by molar-refractivity contribution is -0.338. The van der Waals surface area contributed by atoms with Gasteiger partial charge in [0.15, 0.2) is 0 Å². The molecule has 2 aliphatic heterocycles. The van der Waals surface area contributed by atoms with Crippen molar-refractivity contribution in [2.75, 3.05) is 61.0 Å². The topological polar surface area (TPSA) is 80.4 Å². The number of epoxide rings is 2. The van der Waals surface area contributed by atoms with E-state index in [-0.39, 0.29) is 12.2 Å². The van der Waals surface area contributed by atoms with Crippen molar-refractivity contribution in [1.29, 1.82) is 0 Å². The van der Waals surface area contributed by atoms with Crippen LogP contribution in [0.2, 0.25) is 12.1 Å². The summed E-state index contributed by atoms with van der Waals surface area (Å²) in [6.07, 6.45) is 1.84. The molecule has 0 saturated carbocycles. The van der Waals surface area contributed by atoms with Gasteiger partial charge in [-0.1, -0.05) is 6.92 Å². The summed E-state index contributed by atoms with van der Waals surface area (Å²) in [5.41, 5.74) is 0. The van der Waals surface area contributed by atoms with Gasteiger partial charge in [-0.05, 0) is 18.5 Å². The average Bonchev–Trinajstić information content (AvgIpc) is 3.58. The molecule has 0 bridgehead atoms. The summed E-state index contributed by atoms with van der Waals surface area (Å²) in [4.78, 5) is 0. The first-order chi connectivity index (χ1) is 12.6. The molecule has 154 valence electrons. The molecule has 2 saturated heterocycles. The van der Waals surface area contributed by atoms with Gasteiger partial charge in [-0.2, -0.15) is 0 Å². The van der Waals surface area contributed by atoms with Crippen LogP contribution in [-0.2, 0) is 37.3 Å². The summed E-state index contributed by atoms with van der Waals surface area (Å²) in [5.74, 6) is -1.16. The van der Waals surface area contributed by atoms with Gasteiger partial charge in [-0.15, -0.1) is 0 Å². The highest BCUT2D eigenvalue weighted by Gasteiger charge is 2.45. The van der Waals surface area contributed by atoms with Crippen molar-refractivity contribution in [2.24, 2.45) is 0 Å². The maximum atomic E-state index is 6.37. The third-order valence-corrected chi connectivity index (χ3v) is 8.31. The van der Waals surface area contributed by atoms with Crippen LogP contribution in [-0.4, -0.2) is 87.7 Å². The molecule has 3 unspecified atom stereocenters. The molecule has 2 rings (SSSR count). The van der Waals surface area contributed by atoms with E-state index in [0.29, 0.717) is 32.8 Å². The van der Waals surface area contributed by atoms with E-state index in [1.807, 2.05) is 0 Å². The molecule has 3 atom stereocenters. The summed E-state index contributed by atoms with van der Waals surface area (Å²) in [6.45, 7) is 6.05. The zero-order chi connectivity index (χ0) is 18.9. The van der Waals surface area contributed by atoms with Crippen molar-refractivity contribution in [3.63, 3.8) is 0 Å². The first-order valence-corrected chi connectivity index (χ1v) is 11.6. The van der Waals surface area contributed by atoms with Gasteiger partial charge in [-0.3, -0.25) is 0 Å². The third kappa shape index (κ3) is 7.49. The van der Waals surface area contributed by atoms with Crippen LogP contribution in [0, 0.1) is 0 Å². The molecule has 2 aliphatic rings. The molecule has 0 N–H and O–H groups in total. The molecule has 26 heavy (non-hydrogen) atoms. The highest BCUT2D eigenvalue weighted by atomic mass is 28.4. The van der Waals surface area contributed by atoms with Crippen LogP contribution in [0.3, 0.4) is 0 Å². The monoisotopic (exact) mass is 394 g/mol. The zero-order valence-electron chi connectivity index (χ0n) is 16.5. The maximum Gasteiger partial charge on any atom is 0.342 e. The number of hydrogen-bond acceptors (Lipinski definition) is 8. The molecule has 9 heteroatoms. The van der Waals surface area contributed by atoms with Crippen LogP contribution >= 0.6 is 0 Å². The molecular weight excluding hydrogens is 360 g/mol. The molecule has 2 heterocycles. The minimum Gasteiger partial charge on any atom is -0.397 e. The van der Waals surface area contributed by atoms with Gasteiger partial charge in [0.25, 0.3) is 5.97 Å². The predicted molar refractivity (Wildman–Crippen MR) is 96.2 cm³/mol. The van der Waals surface area contributed by atoms with Crippen LogP contribution in [0.1, 0.15) is 19.8 Å². The molecule has 0 aromatic heterocycles. The van der Waals surface area contributed by atoms with Crippen LogP contribution in [0.25, 0.3) is 0 Å². The minimum atomic E-state index is -2.49. The zero-order valence-corrected chi connectivity index (χ0v) is 17.5. The smallest absolute Gasteiger partial charge is 0.342 e. The Hall–Kier alpha value is -0.103. The van der Waals surface area contributed by atoms with E-state index in [1.165, 1.54) is 0 Å². The lowest BCUT2D eigenvalue weighted by atomic mass is 10.4. The Bertz CT molecular complexity index is 381. The fourth-order valence-corrected chi connectivity index (χ4v) is 5.39. The van der Waals surface area contributed by atoms with Gasteiger partial charge in [0, 0.05) is 27.9 Å². The van der Waals surface area contributed by atoms with Gasteiger partial charge in [0.05, 0.1) is 39.5 Å². The van der Waals surface area contributed by atoms with E-state index in [0.717, 1.165) is 31.7 Å². The summed E-state index contributed by atoms with van der Waals surface area (Å²) in [7, 11) is 2.37. The van der Waals surface area contributed by atoms with Gasteiger partial charge in [0.1, 0.15) is 12.2 Å². The SMILES string of the molecule is CC[Si](CCCOCC1CO1)(OC)OC(CCOCC1CO1)(OC)OC. The predicted octanol–water partition coefficient (Wildman–Crippen LogP) is 1.67. The number of hydrogen-bond donors (Lipinski definition) is 0. The molecule has 8 nitrogen and oxygen atoms in total. The second kappa shape index (κ2) is 11.0. The number of rotatable bonds is 17. The summed E-state index contributed by atoms with van der Waals surface area (Å²) in [6, 6.07) is 1.59. The lowest BCUT2D eigenvalue weighted by Crippen LogP contribution is -2.52. The summed E-state index contributed by atoms with van der Waals surface area (Å²) < 4.78 is 44.9. The largest absolute Gasteiger partial charge is 0.397 e.